The molecule has 9 nitrogen and oxygen atoms in total. The Bertz CT molecular complexity index is 1430. The van der Waals surface area contributed by atoms with Crippen molar-refractivity contribution < 1.29 is 14.3 Å². The minimum Gasteiger partial charge on any atom is -0.496 e. The Balaban J connectivity index is 1.31. The maximum absolute atomic E-state index is 13.0. The molecule has 0 saturated heterocycles. The lowest BCUT2D eigenvalue weighted by molar-refractivity contribution is 0.102. The zero-order valence-corrected chi connectivity index (χ0v) is 18.3. The molecule has 0 bridgehead atoms. The molecule has 2 aromatic carbocycles. The predicted molar refractivity (Wildman–Crippen MR) is 125 cm³/mol. The number of nitrogens with zero attached hydrogens (tertiary/aromatic N) is 4. The van der Waals surface area contributed by atoms with Gasteiger partial charge in [0.05, 0.1) is 30.0 Å². The number of para-hydroxylation sites is 2. The number of anilines is 1. The number of aromatic nitrogens is 5. The van der Waals surface area contributed by atoms with Gasteiger partial charge in [-0.05, 0) is 29.5 Å². The summed E-state index contributed by atoms with van der Waals surface area (Å²) in [7, 11) is 1.59. The molecule has 5 aromatic rings. The minimum absolute atomic E-state index is 0.285. The van der Waals surface area contributed by atoms with Gasteiger partial charge in [-0.2, -0.15) is 0 Å². The van der Waals surface area contributed by atoms with Crippen molar-refractivity contribution in [3.8, 4) is 22.1 Å². The molecule has 1 amide bonds. The fraction of sp³-hybridized carbons (Fsp3) is 0.0870. The Morgan fingerprint density at radius 3 is 2.91 bits per heavy atom. The van der Waals surface area contributed by atoms with Gasteiger partial charge in [0.1, 0.15) is 12.4 Å². The van der Waals surface area contributed by atoms with Crippen molar-refractivity contribution in [2.45, 2.75) is 6.61 Å². The zero-order chi connectivity index (χ0) is 22.6. The van der Waals surface area contributed by atoms with Crippen LogP contribution < -0.4 is 14.8 Å². The molecule has 0 radical (unpaired) electrons. The first-order chi connectivity index (χ1) is 16.2. The van der Waals surface area contributed by atoms with Crippen molar-refractivity contribution in [2.75, 3.05) is 12.4 Å². The Hall–Kier alpha value is -4.31. The van der Waals surface area contributed by atoms with E-state index in [-0.39, 0.29) is 12.5 Å². The maximum Gasteiger partial charge on any atom is 0.296 e. The number of ether oxygens (including phenoxy) is 2. The highest BCUT2D eigenvalue weighted by Crippen LogP contribution is 2.32. The number of hydrogen-bond donors (Lipinski definition) is 2. The summed E-state index contributed by atoms with van der Waals surface area (Å²) >= 11 is 1.15. The summed E-state index contributed by atoms with van der Waals surface area (Å²) in [6.45, 7) is 0.285. The van der Waals surface area contributed by atoms with Crippen LogP contribution in [0.25, 0.3) is 22.2 Å². The molecule has 10 heteroatoms. The fourth-order valence-electron chi connectivity index (χ4n) is 3.44. The maximum atomic E-state index is 13.0. The number of rotatable bonds is 7. The first-order valence-electron chi connectivity index (χ1n) is 9.99. The first kappa shape index (κ1) is 20.6. The van der Waals surface area contributed by atoms with Gasteiger partial charge in [0.15, 0.2) is 0 Å². The first-order valence-corrected chi connectivity index (χ1v) is 10.8. The minimum atomic E-state index is -0.331. The van der Waals surface area contributed by atoms with Crippen molar-refractivity contribution in [1.82, 2.24) is 25.1 Å². The zero-order valence-electron chi connectivity index (χ0n) is 17.5. The van der Waals surface area contributed by atoms with E-state index in [0.29, 0.717) is 27.2 Å². The van der Waals surface area contributed by atoms with Crippen LogP contribution in [0.15, 0.2) is 67.3 Å². The summed E-state index contributed by atoms with van der Waals surface area (Å²) in [4.78, 5) is 24.6. The van der Waals surface area contributed by atoms with Crippen LogP contribution in [0.4, 0.5) is 5.13 Å². The van der Waals surface area contributed by atoms with Gasteiger partial charge in [0.2, 0.25) is 5.13 Å². The third kappa shape index (κ3) is 4.23. The molecule has 164 valence electrons. The van der Waals surface area contributed by atoms with E-state index in [0.717, 1.165) is 33.5 Å². The highest BCUT2D eigenvalue weighted by molar-refractivity contribution is 7.17. The number of imidazole rings is 1. The number of methoxy groups -OCH3 is 1. The summed E-state index contributed by atoms with van der Waals surface area (Å²) in [5.41, 5.74) is 4.57. The van der Waals surface area contributed by atoms with Gasteiger partial charge in [-0.3, -0.25) is 15.1 Å². The standard InChI is InChI=1S/C23H18N6O3S/c1-31-19-8-3-2-6-15(19)17-11-24-10-9-16(17)21(30)27-22-28-29-23(33-22)32-12-14-5-4-7-18-20(14)26-13-25-18/h2-11,13H,12H2,1H3,(H,25,26)(H,27,28,30). The van der Waals surface area contributed by atoms with Gasteiger partial charge < -0.3 is 14.5 Å². The summed E-state index contributed by atoms with van der Waals surface area (Å²) in [6.07, 6.45) is 4.85. The second kappa shape index (κ2) is 9.05. The number of carbonyl (C=O) groups is 1. The molecule has 0 fully saturated rings. The van der Waals surface area contributed by atoms with Crippen LogP contribution in [0.2, 0.25) is 0 Å². The van der Waals surface area contributed by atoms with Crippen molar-refractivity contribution in [3.63, 3.8) is 0 Å². The van der Waals surface area contributed by atoms with Crippen molar-refractivity contribution >= 4 is 33.4 Å². The van der Waals surface area contributed by atoms with Crippen LogP contribution in [0.1, 0.15) is 15.9 Å². The van der Waals surface area contributed by atoms with Crippen molar-refractivity contribution in [1.29, 1.82) is 0 Å². The number of nitrogens with one attached hydrogen (secondary N) is 2. The smallest absolute Gasteiger partial charge is 0.296 e. The number of H-pyrrole nitrogens is 1. The van der Waals surface area contributed by atoms with Crippen molar-refractivity contribution in [2.24, 2.45) is 0 Å². The number of amides is 1. The second-order valence-electron chi connectivity index (χ2n) is 6.95. The second-order valence-corrected chi connectivity index (χ2v) is 7.89. The molecule has 5 rings (SSSR count). The van der Waals surface area contributed by atoms with E-state index in [1.807, 2.05) is 42.5 Å². The lowest BCUT2D eigenvalue weighted by Gasteiger charge is -2.11. The Morgan fingerprint density at radius 2 is 2.00 bits per heavy atom. The topological polar surface area (TPSA) is 115 Å². The average Bonchev–Trinajstić information content (AvgIpc) is 3.52. The summed E-state index contributed by atoms with van der Waals surface area (Å²) < 4.78 is 11.2. The van der Waals surface area contributed by atoms with E-state index in [1.54, 1.807) is 31.9 Å². The molecule has 0 atom stereocenters. The number of hydrogen-bond acceptors (Lipinski definition) is 8. The van der Waals surface area contributed by atoms with Gasteiger partial charge in [-0.1, -0.05) is 35.4 Å². The molecular formula is C23H18N6O3S. The molecule has 3 aromatic heterocycles. The number of pyridine rings is 1. The normalized spacial score (nSPS) is 10.8. The van der Waals surface area contributed by atoms with Crippen LogP contribution in [0.5, 0.6) is 10.9 Å². The molecule has 0 aliphatic rings. The van der Waals surface area contributed by atoms with Crippen LogP contribution >= 0.6 is 11.3 Å². The predicted octanol–water partition coefficient (Wildman–Crippen LogP) is 4.32. The monoisotopic (exact) mass is 458 g/mol. The molecule has 0 saturated carbocycles. The van der Waals surface area contributed by atoms with E-state index < -0.39 is 0 Å². The van der Waals surface area contributed by atoms with E-state index in [4.69, 9.17) is 9.47 Å². The van der Waals surface area contributed by atoms with E-state index >= 15 is 0 Å². The molecule has 33 heavy (non-hydrogen) atoms. The van der Waals surface area contributed by atoms with Crippen LogP contribution in [0.3, 0.4) is 0 Å². The molecule has 0 spiro atoms. The van der Waals surface area contributed by atoms with Gasteiger partial charge in [0.25, 0.3) is 11.1 Å². The lowest BCUT2D eigenvalue weighted by atomic mass is 10.0. The number of carbonyl (C=O) groups excluding carboxylic acids is 1. The SMILES string of the molecule is COc1ccccc1-c1cnccc1C(=O)Nc1nnc(OCc2cccc3[nH]cnc23)s1. The summed E-state index contributed by atoms with van der Waals surface area (Å²) in [6, 6.07) is 14.9. The highest BCUT2D eigenvalue weighted by Gasteiger charge is 2.18. The Labute approximate surface area is 192 Å². The number of benzene rings is 2. The molecular weight excluding hydrogens is 440 g/mol. The van der Waals surface area contributed by atoms with Gasteiger partial charge in [0, 0.05) is 29.1 Å². The Morgan fingerprint density at radius 1 is 1.09 bits per heavy atom. The molecule has 3 heterocycles. The Kier molecular flexibility index (Phi) is 5.64. The number of fused-ring (bicyclic) bond motifs is 1. The fourth-order valence-corrected chi connectivity index (χ4v) is 4.03. The van der Waals surface area contributed by atoms with Gasteiger partial charge in [-0.25, -0.2) is 4.98 Å². The summed E-state index contributed by atoms with van der Waals surface area (Å²) in [5.74, 6) is 0.320. The average molecular weight is 459 g/mol. The third-order valence-electron chi connectivity index (χ3n) is 4.97. The highest BCUT2D eigenvalue weighted by atomic mass is 32.1. The molecule has 0 aliphatic carbocycles. The van der Waals surface area contributed by atoms with Crippen LogP contribution in [-0.2, 0) is 6.61 Å². The van der Waals surface area contributed by atoms with E-state index in [9.17, 15) is 4.79 Å². The van der Waals surface area contributed by atoms with E-state index in [1.165, 1.54) is 0 Å². The third-order valence-corrected chi connectivity index (χ3v) is 5.73. The summed E-state index contributed by atoms with van der Waals surface area (Å²) in [5, 5.41) is 11.5. The van der Waals surface area contributed by atoms with E-state index in [2.05, 4.69) is 30.5 Å². The quantitative estimate of drug-likeness (QED) is 0.373. The van der Waals surface area contributed by atoms with Gasteiger partial charge >= 0.3 is 0 Å². The van der Waals surface area contributed by atoms with Crippen LogP contribution in [-0.4, -0.2) is 38.2 Å². The van der Waals surface area contributed by atoms with Gasteiger partial charge in [-0.15, -0.1) is 5.10 Å². The largest absolute Gasteiger partial charge is 0.496 e. The lowest BCUT2D eigenvalue weighted by Crippen LogP contribution is -2.13. The molecule has 2 N–H and O–H groups in total. The molecule has 0 aliphatic heterocycles. The van der Waals surface area contributed by atoms with Crippen molar-refractivity contribution in [3.05, 3.63) is 78.4 Å². The van der Waals surface area contributed by atoms with Crippen LogP contribution in [0, 0.1) is 0 Å². The molecule has 0 unspecified atom stereocenters. The number of aromatic amines is 1.